The first-order valence-electron chi connectivity index (χ1n) is 25.6. The summed E-state index contributed by atoms with van der Waals surface area (Å²) in [5.41, 5.74) is 11.4. The minimum atomic E-state index is -4.54. The van der Waals surface area contributed by atoms with Crippen LogP contribution in [0.4, 0.5) is 47.6 Å². The number of benzene rings is 2. The summed E-state index contributed by atoms with van der Waals surface area (Å²) in [5, 5.41) is 58.7. The highest BCUT2D eigenvalue weighted by molar-refractivity contribution is 14.1. The van der Waals surface area contributed by atoms with Crippen LogP contribution in [0.25, 0.3) is 22.3 Å². The molecule has 2 amide bonds. The van der Waals surface area contributed by atoms with Crippen LogP contribution in [-0.4, -0.2) is 168 Å². The molecule has 4 fully saturated rings. The van der Waals surface area contributed by atoms with Gasteiger partial charge in [-0.05, 0) is 79.8 Å². The number of ether oxygens (including phenoxy) is 4. The Bertz CT molecular complexity index is 3360. The number of terminal acetylenes is 1. The number of halogens is 7. The molecule has 6 aromatic rings. The third kappa shape index (κ3) is 15.2. The van der Waals surface area contributed by atoms with E-state index in [1.807, 2.05) is 22.6 Å². The second-order valence-corrected chi connectivity index (χ2v) is 20.4. The number of aliphatic hydroxyl groups excluding tert-OH is 6. The topological polar surface area (TPSA) is 338 Å². The highest BCUT2D eigenvalue weighted by atomic mass is 127. The second kappa shape index (κ2) is 27.7. The van der Waals surface area contributed by atoms with Gasteiger partial charge in [0.15, 0.2) is 39.2 Å². The van der Waals surface area contributed by atoms with Gasteiger partial charge in [0.2, 0.25) is 5.82 Å². The van der Waals surface area contributed by atoms with E-state index in [4.69, 9.17) is 41.9 Å². The van der Waals surface area contributed by atoms with E-state index in [1.54, 1.807) is 0 Å². The summed E-state index contributed by atoms with van der Waals surface area (Å²) in [4.78, 5) is 52.4. The maximum atomic E-state index is 12.9. The van der Waals surface area contributed by atoms with E-state index in [9.17, 15) is 61.5 Å². The monoisotopic (exact) mass is 1300 g/mol. The summed E-state index contributed by atoms with van der Waals surface area (Å²) in [6.07, 6.45) is -7.14. The number of nitrogens with zero attached hydrogens (tertiary/aromatic N) is 10. The third-order valence-electron chi connectivity index (χ3n) is 13.9. The number of rotatable bonds is 8. The van der Waals surface area contributed by atoms with Gasteiger partial charge in [-0.1, -0.05) is 25.5 Å². The van der Waals surface area contributed by atoms with Crippen LogP contribution in [-0.2, 0) is 21.8 Å². The maximum Gasteiger partial charge on any atom is 0.416 e. The predicted octanol–water partition coefficient (Wildman–Crippen LogP) is 4.89. The summed E-state index contributed by atoms with van der Waals surface area (Å²) in [5.74, 6) is 9.18. The number of fused-ring (bicyclic) bond motifs is 2. The Kier molecular flexibility index (Phi) is 21.2. The van der Waals surface area contributed by atoms with Crippen LogP contribution in [0.2, 0.25) is 0 Å². The van der Waals surface area contributed by atoms with Gasteiger partial charge in [-0.25, -0.2) is 39.5 Å². The lowest BCUT2D eigenvalue weighted by atomic mass is 9.94. The normalized spacial score (nSPS) is 22.9. The van der Waals surface area contributed by atoms with Crippen molar-refractivity contribution in [2.75, 3.05) is 50.9 Å². The van der Waals surface area contributed by atoms with Crippen LogP contribution in [0.3, 0.4) is 0 Å². The van der Waals surface area contributed by atoms with Crippen LogP contribution >= 0.6 is 22.6 Å². The average molecular weight is 1300 g/mol. The van der Waals surface area contributed by atoms with Crippen molar-refractivity contribution in [1.82, 2.24) is 48.8 Å². The van der Waals surface area contributed by atoms with Crippen molar-refractivity contribution in [3.05, 3.63) is 82.0 Å². The average Bonchev–Trinajstić information content (AvgIpc) is 2.49. The number of imidazole rings is 2. The van der Waals surface area contributed by atoms with Gasteiger partial charge in [-0.3, -0.25) is 9.13 Å². The number of piperidine rings is 2. The molecule has 2 aromatic carbocycles. The summed E-state index contributed by atoms with van der Waals surface area (Å²) in [6, 6.07) is 8.48. The molecule has 4 aliphatic heterocycles. The van der Waals surface area contributed by atoms with Crippen LogP contribution in [0.5, 0.6) is 11.5 Å². The second-order valence-electron chi connectivity index (χ2n) is 19.5. The number of carbonyl (C=O) groups excluding carboxylic acids is 2. The van der Waals surface area contributed by atoms with Crippen molar-refractivity contribution >= 4 is 68.7 Å². The van der Waals surface area contributed by atoms with Gasteiger partial charge < -0.3 is 70.9 Å². The van der Waals surface area contributed by atoms with Gasteiger partial charge >= 0.3 is 24.5 Å². The maximum absolute atomic E-state index is 12.9. The molecule has 31 heteroatoms. The van der Waals surface area contributed by atoms with E-state index in [0.717, 1.165) is 37.1 Å². The number of likely N-dealkylation sites (tertiary alicyclic amines) is 2. The molecule has 0 saturated carbocycles. The first-order chi connectivity index (χ1) is 39.5. The Morgan fingerprint density at radius 1 is 0.667 bits per heavy atom. The number of amides is 2. The van der Waals surface area contributed by atoms with Crippen molar-refractivity contribution in [3.63, 3.8) is 0 Å². The van der Waals surface area contributed by atoms with Crippen LogP contribution < -0.4 is 20.9 Å². The molecule has 8 atom stereocenters. The van der Waals surface area contributed by atoms with Gasteiger partial charge in [-0.2, -0.15) is 26.3 Å². The number of alkyl halides is 6. The molecule has 0 spiro atoms. The van der Waals surface area contributed by atoms with Gasteiger partial charge in [-0.15, -0.1) is 12.3 Å². The van der Waals surface area contributed by atoms with Crippen molar-refractivity contribution in [1.29, 1.82) is 0 Å². The largest absolute Gasteiger partial charge is 0.416 e. The fourth-order valence-corrected chi connectivity index (χ4v) is 9.87. The highest BCUT2D eigenvalue weighted by Gasteiger charge is 2.45. The Morgan fingerprint density at radius 2 is 1.10 bits per heavy atom. The zero-order valence-corrected chi connectivity index (χ0v) is 45.7. The Labute approximate surface area is 488 Å². The molecule has 10 N–H and O–H groups in total. The van der Waals surface area contributed by atoms with Crippen molar-refractivity contribution in [2.45, 2.75) is 107 Å². The molecule has 24 nitrogen and oxygen atoms in total. The van der Waals surface area contributed by atoms with Crippen molar-refractivity contribution in [3.8, 4) is 35.7 Å². The Hall–Kier alpha value is -7.21. The first kappa shape index (κ1) is 64.4. The molecule has 0 bridgehead atoms. The number of hydrogen-bond acceptors (Lipinski definition) is 20. The van der Waals surface area contributed by atoms with Crippen LogP contribution in [0.15, 0.2) is 61.2 Å². The fourth-order valence-electron chi connectivity index (χ4n) is 9.38. The lowest BCUT2D eigenvalue weighted by Crippen LogP contribution is -2.40. The number of nitrogens with two attached hydrogens (primary N) is 2. The van der Waals surface area contributed by atoms with E-state index < -0.39 is 98.0 Å². The predicted molar refractivity (Wildman–Crippen MR) is 293 cm³/mol. The summed E-state index contributed by atoms with van der Waals surface area (Å²) in [6.45, 7) is 0.863. The van der Waals surface area contributed by atoms with Gasteiger partial charge in [0, 0.05) is 61.6 Å². The molecular weight excluding hydrogens is 1240 g/mol. The molecule has 4 saturated heterocycles. The lowest BCUT2D eigenvalue weighted by molar-refractivity contribution is -0.138. The molecule has 84 heavy (non-hydrogen) atoms. The lowest BCUT2D eigenvalue weighted by Gasteiger charge is -2.30. The minimum Gasteiger partial charge on any atom is -0.410 e. The molecule has 4 aliphatic rings. The smallest absolute Gasteiger partial charge is 0.410 e. The quantitative estimate of drug-likeness (QED) is 0.0435. The molecule has 2 unspecified atom stereocenters. The van der Waals surface area contributed by atoms with Gasteiger partial charge in [0.25, 0.3) is 0 Å². The number of aromatic nitrogens is 8. The number of nitrogen functional groups attached to an aromatic ring is 2. The van der Waals surface area contributed by atoms with Crippen LogP contribution in [0.1, 0.15) is 75.4 Å². The molecule has 0 aliphatic carbocycles. The molecule has 8 heterocycles. The molecular formula is C53H59F6IN12O12. The highest BCUT2D eigenvalue weighted by Crippen LogP contribution is 2.36. The standard InChI is InChI=1S/C26H27F3N6O6.C16H16F3NO2.C10H12IN5O4.CH4/c27-26(28,29)15-4-2-5-16(11-15)40-25(39)34-9-7-14(8-10-34)3-1-6-18-32-22(30)19-23(33-18)35(13-31-19)24-21(38)20(37)17(12-36)41-24;1-2-4-12-7-9-20(10-8-12)15(21)22-14-6-3-5-13(11-14)16(17,18)19;11-10-14-7(12)4-8(15-10)16(2-13-4)9-6(19)5(18)3(1-17)20-9;/h2,4-5,11,13-14,17,20-21,24,36-38H,3,7-10,12H2,(H2,30,32,33);1,3,5-6,11-12H,4,7-10H2;2-3,5-6,9,17-19H,1H2,(H2,12,14,15);1H4/t17-,20?,21+,24-;;3-,5?,6+,9-;/m1.1./s1. The minimum absolute atomic E-state index is 0. The Balaban J connectivity index is 0.000000198. The van der Waals surface area contributed by atoms with Gasteiger partial charge in [0.05, 0.1) is 37.0 Å². The van der Waals surface area contributed by atoms with Crippen molar-refractivity contribution < 1.29 is 85.5 Å². The van der Waals surface area contributed by atoms with E-state index in [2.05, 4.69) is 47.7 Å². The number of carbonyl (C=O) groups is 2. The van der Waals surface area contributed by atoms with Crippen LogP contribution in [0, 0.1) is 39.9 Å². The van der Waals surface area contributed by atoms with E-state index in [0.29, 0.717) is 72.8 Å². The molecule has 452 valence electrons. The number of anilines is 2. The van der Waals surface area contributed by atoms with Crippen molar-refractivity contribution in [2.24, 2.45) is 11.8 Å². The molecule has 0 radical (unpaired) electrons. The number of aliphatic hydroxyl groups is 6. The van der Waals surface area contributed by atoms with E-state index in [1.165, 1.54) is 55.9 Å². The summed E-state index contributed by atoms with van der Waals surface area (Å²) < 4.78 is 101. The fraction of sp³-hybridized carbons (Fsp3) is 0.472. The summed E-state index contributed by atoms with van der Waals surface area (Å²) in [7, 11) is 0. The van der Waals surface area contributed by atoms with E-state index >= 15 is 0 Å². The Morgan fingerprint density at radius 3 is 1.51 bits per heavy atom. The van der Waals surface area contributed by atoms with Gasteiger partial charge in [0.1, 0.15) is 59.2 Å². The van der Waals surface area contributed by atoms with E-state index in [-0.39, 0.29) is 53.5 Å². The number of hydrogen-bond donors (Lipinski definition) is 8. The molecule has 10 rings (SSSR count). The third-order valence-corrected chi connectivity index (χ3v) is 14.4. The summed E-state index contributed by atoms with van der Waals surface area (Å²) >= 11 is 1.92. The first-order valence-corrected chi connectivity index (χ1v) is 26.7. The molecule has 4 aromatic heterocycles. The SMILES string of the molecule is C.C#CCC1CCN(C(=O)Oc2cccc(C(F)(F)F)c2)CC1.Nc1nc(C#CCC2CCN(C(=O)Oc3cccc(C(F)(F)F)c3)CC2)nc2c1ncn2[C@@H]1O[C@H](CO)C(O)[C@@H]1O.Nc1nc(I)nc2c1ncn2[C@@H]1O[C@H](CO)C(O)[C@@H]1O. The zero-order valence-electron chi connectivity index (χ0n) is 43.5. The zero-order chi connectivity index (χ0) is 59.9.